The number of aromatic nitrogens is 1. The average Bonchev–Trinajstić information content (AvgIpc) is 2.32. The molecular formula is C13H10Cl3NOS. The molecule has 0 unspecified atom stereocenters. The summed E-state index contributed by atoms with van der Waals surface area (Å²) in [5.74, 6) is 0.982. The van der Waals surface area contributed by atoms with Crippen LogP contribution in [-0.2, 0) is 0 Å². The second-order valence-corrected chi connectivity index (χ2v) is 5.63. The maximum atomic E-state index is 6.19. The number of aryl methyl sites for hydroxylation is 1. The SMILES string of the molecule is Cc1cc(Oc2cc(Cl)c(C)c(S)c2Cl)cc(Cl)n1. The quantitative estimate of drug-likeness (QED) is 0.559. The van der Waals surface area contributed by atoms with Gasteiger partial charge in [-0.1, -0.05) is 34.8 Å². The van der Waals surface area contributed by atoms with Crippen LogP contribution in [-0.4, -0.2) is 4.98 Å². The summed E-state index contributed by atoms with van der Waals surface area (Å²) >= 11 is 22.5. The minimum Gasteiger partial charge on any atom is -0.456 e. The van der Waals surface area contributed by atoms with E-state index >= 15 is 0 Å². The molecular weight excluding hydrogens is 325 g/mol. The van der Waals surface area contributed by atoms with Crippen molar-refractivity contribution in [1.82, 2.24) is 4.98 Å². The third kappa shape index (κ3) is 3.29. The summed E-state index contributed by atoms with van der Waals surface area (Å²) in [6, 6.07) is 5.02. The molecule has 0 spiro atoms. The molecule has 1 aromatic heterocycles. The second-order valence-electron chi connectivity index (χ2n) is 4.01. The third-order valence-corrected chi connectivity index (χ3v) is 4.17. The highest BCUT2D eigenvalue weighted by molar-refractivity contribution is 7.80. The topological polar surface area (TPSA) is 22.1 Å². The monoisotopic (exact) mass is 333 g/mol. The minimum absolute atomic E-state index is 0.357. The first-order valence-corrected chi connectivity index (χ1v) is 6.96. The van der Waals surface area contributed by atoms with Gasteiger partial charge < -0.3 is 4.74 Å². The van der Waals surface area contributed by atoms with E-state index in [2.05, 4.69) is 17.6 Å². The molecule has 6 heteroatoms. The van der Waals surface area contributed by atoms with Crippen molar-refractivity contribution in [1.29, 1.82) is 0 Å². The Balaban J connectivity index is 2.44. The van der Waals surface area contributed by atoms with E-state index in [1.807, 2.05) is 13.8 Å². The third-order valence-electron chi connectivity index (χ3n) is 2.52. The molecule has 2 nitrogen and oxygen atoms in total. The standard InChI is InChI=1S/C13H10Cl3NOS/c1-6-3-8(4-11(15)17-6)18-10-5-9(14)7(2)13(19)12(10)16/h3-5,19H,1-2H3. The lowest BCUT2D eigenvalue weighted by molar-refractivity contribution is 0.480. The maximum absolute atomic E-state index is 6.19. The molecule has 0 radical (unpaired) electrons. The van der Waals surface area contributed by atoms with E-state index in [0.717, 1.165) is 11.3 Å². The molecule has 0 aliphatic carbocycles. The fourth-order valence-electron chi connectivity index (χ4n) is 1.54. The molecule has 0 atom stereocenters. The molecule has 0 aliphatic rings. The van der Waals surface area contributed by atoms with Crippen LogP contribution in [0.1, 0.15) is 11.3 Å². The predicted octanol–water partition coefficient (Wildman–Crippen LogP) is 5.74. The summed E-state index contributed by atoms with van der Waals surface area (Å²) in [7, 11) is 0. The molecule has 1 heterocycles. The molecule has 100 valence electrons. The second kappa shape index (κ2) is 5.80. The predicted molar refractivity (Wildman–Crippen MR) is 82.5 cm³/mol. The fourth-order valence-corrected chi connectivity index (χ4v) is 2.51. The minimum atomic E-state index is 0.357. The van der Waals surface area contributed by atoms with Crippen LogP contribution >= 0.6 is 47.4 Å². The van der Waals surface area contributed by atoms with Gasteiger partial charge in [0, 0.05) is 33.8 Å². The normalized spacial score (nSPS) is 10.6. The van der Waals surface area contributed by atoms with Crippen molar-refractivity contribution in [3.63, 3.8) is 0 Å². The number of benzene rings is 1. The van der Waals surface area contributed by atoms with Gasteiger partial charge in [0.15, 0.2) is 0 Å². The Hall–Kier alpha value is -0.610. The zero-order valence-corrected chi connectivity index (χ0v) is 13.3. The lowest BCUT2D eigenvalue weighted by Crippen LogP contribution is -1.91. The Labute approximate surface area is 132 Å². The first kappa shape index (κ1) is 14.8. The van der Waals surface area contributed by atoms with Crippen LogP contribution < -0.4 is 4.74 Å². The smallest absolute Gasteiger partial charge is 0.148 e. The Bertz CT molecular complexity index is 626. The molecule has 1 aromatic carbocycles. The van der Waals surface area contributed by atoms with E-state index in [4.69, 9.17) is 39.5 Å². The van der Waals surface area contributed by atoms with Crippen molar-refractivity contribution < 1.29 is 4.74 Å². The van der Waals surface area contributed by atoms with Gasteiger partial charge in [0.2, 0.25) is 0 Å². The summed E-state index contributed by atoms with van der Waals surface area (Å²) in [6.45, 7) is 3.67. The average molecular weight is 335 g/mol. The van der Waals surface area contributed by atoms with Crippen molar-refractivity contribution in [2.45, 2.75) is 18.7 Å². The lowest BCUT2D eigenvalue weighted by atomic mass is 10.2. The van der Waals surface area contributed by atoms with Crippen molar-refractivity contribution in [2.24, 2.45) is 0 Å². The lowest BCUT2D eigenvalue weighted by Gasteiger charge is -2.12. The molecule has 0 saturated carbocycles. The van der Waals surface area contributed by atoms with Gasteiger partial charge in [0.25, 0.3) is 0 Å². The molecule has 0 amide bonds. The molecule has 0 aliphatic heterocycles. The van der Waals surface area contributed by atoms with Gasteiger partial charge in [-0.05, 0) is 19.4 Å². The van der Waals surface area contributed by atoms with Crippen LogP contribution in [0.3, 0.4) is 0 Å². The van der Waals surface area contributed by atoms with Crippen molar-refractivity contribution >= 4 is 47.4 Å². The highest BCUT2D eigenvalue weighted by Gasteiger charge is 2.13. The van der Waals surface area contributed by atoms with Crippen LogP contribution in [0.4, 0.5) is 0 Å². The van der Waals surface area contributed by atoms with Gasteiger partial charge in [0.05, 0.1) is 5.02 Å². The van der Waals surface area contributed by atoms with E-state index < -0.39 is 0 Å². The number of rotatable bonds is 2. The first-order chi connectivity index (χ1) is 8.88. The molecule has 0 bridgehead atoms. The Morgan fingerprint density at radius 2 is 1.79 bits per heavy atom. The largest absolute Gasteiger partial charge is 0.456 e. The molecule has 2 aromatic rings. The molecule has 19 heavy (non-hydrogen) atoms. The van der Waals surface area contributed by atoms with Crippen LogP contribution in [0.2, 0.25) is 15.2 Å². The van der Waals surface area contributed by atoms with E-state index in [-0.39, 0.29) is 0 Å². The van der Waals surface area contributed by atoms with Crippen LogP contribution in [0.25, 0.3) is 0 Å². The van der Waals surface area contributed by atoms with Gasteiger partial charge in [-0.25, -0.2) is 4.98 Å². The van der Waals surface area contributed by atoms with Crippen LogP contribution in [0.15, 0.2) is 23.1 Å². The number of thiol groups is 1. The Morgan fingerprint density at radius 3 is 2.42 bits per heavy atom. The molecule has 0 saturated heterocycles. The van der Waals surface area contributed by atoms with E-state index in [0.29, 0.717) is 31.6 Å². The summed E-state index contributed by atoms with van der Waals surface area (Å²) in [4.78, 5) is 4.66. The highest BCUT2D eigenvalue weighted by atomic mass is 35.5. The maximum Gasteiger partial charge on any atom is 0.148 e. The number of pyridine rings is 1. The van der Waals surface area contributed by atoms with E-state index in [1.54, 1.807) is 18.2 Å². The highest BCUT2D eigenvalue weighted by Crippen LogP contribution is 2.39. The summed E-state index contributed by atoms with van der Waals surface area (Å²) in [5, 5.41) is 1.31. The number of hydrogen-bond acceptors (Lipinski definition) is 3. The van der Waals surface area contributed by atoms with Crippen LogP contribution in [0.5, 0.6) is 11.5 Å². The number of hydrogen-bond donors (Lipinski definition) is 1. The van der Waals surface area contributed by atoms with Gasteiger partial charge in [-0.3, -0.25) is 0 Å². The molecule has 0 N–H and O–H groups in total. The fraction of sp³-hybridized carbons (Fsp3) is 0.154. The zero-order chi connectivity index (χ0) is 14.2. The summed E-state index contributed by atoms with van der Waals surface area (Å²) in [6.07, 6.45) is 0. The number of halogens is 3. The zero-order valence-electron chi connectivity index (χ0n) is 10.2. The Kier molecular flexibility index (Phi) is 4.51. The van der Waals surface area contributed by atoms with E-state index in [9.17, 15) is 0 Å². The first-order valence-electron chi connectivity index (χ1n) is 5.38. The molecule has 0 fully saturated rings. The number of nitrogens with zero attached hydrogens (tertiary/aromatic N) is 1. The van der Waals surface area contributed by atoms with Crippen molar-refractivity contribution in [3.05, 3.63) is 44.7 Å². The van der Waals surface area contributed by atoms with Gasteiger partial charge in [-0.2, -0.15) is 0 Å². The van der Waals surface area contributed by atoms with Gasteiger partial charge in [-0.15, -0.1) is 12.6 Å². The molecule has 2 rings (SSSR count). The van der Waals surface area contributed by atoms with E-state index in [1.165, 1.54) is 0 Å². The Morgan fingerprint density at radius 1 is 1.11 bits per heavy atom. The van der Waals surface area contributed by atoms with Gasteiger partial charge in [0.1, 0.15) is 16.7 Å². The van der Waals surface area contributed by atoms with Gasteiger partial charge >= 0.3 is 0 Å². The summed E-state index contributed by atoms with van der Waals surface area (Å²) in [5.41, 5.74) is 1.56. The summed E-state index contributed by atoms with van der Waals surface area (Å²) < 4.78 is 5.70. The van der Waals surface area contributed by atoms with Crippen molar-refractivity contribution in [2.75, 3.05) is 0 Å². The number of ether oxygens (including phenoxy) is 1. The van der Waals surface area contributed by atoms with Crippen molar-refractivity contribution in [3.8, 4) is 11.5 Å². The van der Waals surface area contributed by atoms with Crippen LogP contribution in [0, 0.1) is 13.8 Å².